The summed E-state index contributed by atoms with van der Waals surface area (Å²) in [6.07, 6.45) is 3.43. The minimum atomic E-state index is -0.141. The summed E-state index contributed by atoms with van der Waals surface area (Å²) < 4.78 is 0.504. The number of rotatable bonds is 2. The van der Waals surface area contributed by atoms with E-state index in [4.69, 9.17) is 23.8 Å². The lowest BCUT2D eigenvalue weighted by Gasteiger charge is -2.14. The van der Waals surface area contributed by atoms with Crippen LogP contribution in [-0.2, 0) is 4.79 Å². The van der Waals surface area contributed by atoms with Crippen molar-refractivity contribution >= 4 is 57.6 Å². The molecule has 1 aromatic heterocycles. The summed E-state index contributed by atoms with van der Waals surface area (Å²) >= 11 is 12.4. The van der Waals surface area contributed by atoms with Crippen LogP contribution in [0.15, 0.2) is 53.6 Å². The number of hydrogen-bond acceptors (Lipinski definition) is 4. The van der Waals surface area contributed by atoms with Crippen LogP contribution in [0.5, 0.6) is 0 Å². The van der Waals surface area contributed by atoms with E-state index < -0.39 is 0 Å². The maximum absolute atomic E-state index is 12.5. The first-order chi connectivity index (χ1) is 10.1. The number of benzene rings is 1. The SMILES string of the molecule is O=C1C(=Cc2ccccn2)SC(=S)N1c1ccc(Cl)cc1. The Balaban J connectivity index is 1.92. The van der Waals surface area contributed by atoms with Crippen molar-refractivity contribution in [3.8, 4) is 0 Å². The fourth-order valence-corrected chi connectivity index (χ4v) is 3.29. The van der Waals surface area contributed by atoms with Gasteiger partial charge in [0.2, 0.25) is 0 Å². The Morgan fingerprint density at radius 2 is 1.95 bits per heavy atom. The molecule has 0 N–H and O–H groups in total. The van der Waals surface area contributed by atoms with Crippen LogP contribution in [0.2, 0.25) is 5.02 Å². The van der Waals surface area contributed by atoms with Gasteiger partial charge in [-0.1, -0.05) is 41.6 Å². The molecule has 1 fully saturated rings. The molecule has 1 saturated heterocycles. The molecule has 0 saturated carbocycles. The Labute approximate surface area is 136 Å². The summed E-state index contributed by atoms with van der Waals surface area (Å²) in [5.41, 5.74) is 1.44. The summed E-state index contributed by atoms with van der Waals surface area (Å²) in [5, 5.41) is 0.619. The van der Waals surface area contributed by atoms with Crippen LogP contribution in [0.3, 0.4) is 0 Å². The molecule has 2 heterocycles. The van der Waals surface area contributed by atoms with Crippen molar-refractivity contribution in [2.75, 3.05) is 4.90 Å². The Bertz CT molecular complexity index is 729. The van der Waals surface area contributed by atoms with Gasteiger partial charge in [0, 0.05) is 11.2 Å². The molecule has 1 aliphatic rings. The first-order valence-corrected chi connectivity index (χ1v) is 7.70. The van der Waals surface area contributed by atoms with E-state index in [1.54, 1.807) is 36.5 Å². The van der Waals surface area contributed by atoms with Crippen LogP contribution in [0, 0.1) is 0 Å². The van der Waals surface area contributed by atoms with Gasteiger partial charge < -0.3 is 0 Å². The molecule has 3 nitrogen and oxygen atoms in total. The zero-order valence-electron chi connectivity index (χ0n) is 10.7. The fourth-order valence-electron chi connectivity index (χ4n) is 1.88. The van der Waals surface area contributed by atoms with Gasteiger partial charge >= 0.3 is 0 Å². The average Bonchev–Trinajstić information content (AvgIpc) is 2.76. The van der Waals surface area contributed by atoms with Crippen molar-refractivity contribution in [2.45, 2.75) is 0 Å². The van der Waals surface area contributed by atoms with Gasteiger partial charge in [0.1, 0.15) is 0 Å². The molecule has 0 unspecified atom stereocenters. The maximum Gasteiger partial charge on any atom is 0.270 e. The number of pyridine rings is 1. The third kappa shape index (κ3) is 3.00. The standard InChI is InChI=1S/C15H9ClN2OS2/c16-10-4-6-12(7-5-10)18-14(19)13(21-15(18)20)9-11-3-1-2-8-17-11/h1-9H. The molecule has 0 aliphatic carbocycles. The highest BCUT2D eigenvalue weighted by Gasteiger charge is 2.33. The van der Waals surface area contributed by atoms with Crippen LogP contribution < -0.4 is 4.90 Å². The molecule has 3 rings (SSSR count). The largest absolute Gasteiger partial charge is 0.270 e. The van der Waals surface area contributed by atoms with E-state index in [-0.39, 0.29) is 5.91 Å². The van der Waals surface area contributed by atoms with Crippen LogP contribution in [-0.4, -0.2) is 15.2 Å². The third-order valence-electron chi connectivity index (χ3n) is 2.85. The molecule has 2 aromatic rings. The van der Waals surface area contributed by atoms with Gasteiger partial charge in [-0.25, -0.2) is 0 Å². The molecule has 0 spiro atoms. The van der Waals surface area contributed by atoms with E-state index in [1.807, 2.05) is 18.2 Å². The lowest BCUT2D eigenvalue weighted by atomic mass is 10.2. The van der Waals surface area contributed by atoms with Crippen molar-refractivity contribution in [1.29, 1.82) is 0 Å². The summed E-state index contributed by atoms with van der Waals surface area (Å²) in [6.45, 7) is 0. The highest BCUT2D eigenvalue weighted by atomic mass is 35.5. The smallest absolute Gasteiger partial charge is 0.268 e. The second kappa shape index (κ2) is 5.97. The van der Waals surface area contributed by atoms with Gasteiger partial charge in [-0.15, -0.1) is 0 Å². The second-order valence-corrected chi connectivity index (χ2v) is 6.36. The zero-order chi connectivity index (χ0) is 14.8. The predicted octanol–water partition coefficient (Wildman–Crippen LogP) is 4.14. The molecule has 104 valence electrons. The van der Waals surface area contributed by atoms with Crippen molar-refractivity contribution in [3.05, 3.63) is 64.3 Å². The highest BCUT2D eigenvalue weighted by molar-refractivity contribution is 8.27. The van der Waals surface area contributed by atoms with E-state index in [0.717, 1.165) is 5.69 Å². The number of thioether (sulfide) groups is 1. The number of carbonyl (C=O) groups excluding carboxylic acids is 1. The van der Waals surface area contributed by atoms with E-state index in [9.17, 15) is 4.79 Å². The Hall–Kier alpha value is -1.69. The van der Waals surface area contributed by atoms with Crippen molar-refractivity contribution in [1.82, 2.24) is 4.98 Å². The van der Waals surface area contributed by atoms with Crippen LogP contribution in [0.4, 0.5) is 5.69 Å². The van der Waals surface area contributed by atoms with Gasteiger partial charge in [0.25, 0.3) is 5.91 Å². The first-order valence-electron chi connectivity index (χ1n) is 6.10. The number of halogens is 1. The Morgan fingerprint density at radius 3 is 2.62 bits per heavy atom. The number of carbonyl (C=O) groups is 1. The van der Waals surface area contributed by atoms with Crippen LogP contribution in [0.25, 0.3) is 6.08 Å². The molecule has 0 radical (unpaired) electrons. The Morgan fingerprint density at radius 1 is 1.19 bits per heavy atom. The third-order valence-corrected chi connectivity index (χ3v) is 4.40. The number of anilines is 1. The van der Waals surface area contributed by atoms with Crippen LogP contribution >= 0.6 is 35.6 Å². The van der Waals surface area contributed by atoms with Crippen molar-refractivity contribution in [3.63, 3.8) is 0 Å². The van der Waals surface area contributed by atoms with E-state index in [1.165, 1.54) is 16.7 Å². The molecule has 0 atom stereocenters. The molecular weight excluding hydrogens is 324 g/mol. The summed E-state index contributed by atoms with van der Waals surface area (Å²) in [4.78, 5) is 18.8. The van der Waals surface area contributed by atoms with E-state index in [0.29, 0.717) is 19.9 Å². The molecule has 1 aromatic carbocycles. The number of aromatic nitrogens is 1. The molecule has 1 amide bonds. The number of nitrogens with zero attached hydrogens (tertiary/aromatic N) is 2. The number of amides is 1. The second-order valence-electron chi connectivity index (χ2n) is 4.25. The van der Waals surface area contributed by atoms with Gasteiger partial charge in [-0.2, -0.15) is 0 Å². The van der Waals surface area contributed by atoms with Crippen molar-refractivity contribution < 1.29 is 4.79 Å². The summed E-state index contributed by atoms with van der Waals surface area (Å²) in [5.74, 6) is -0.141. The zero-order valence-corrected chi connectivity index (χ0v) is 13.1. The minimum Gasteiger partial charge on any atom is -0.268 e. The molecular formula is C15H9ClN2OS2. The quantitative estimate of drug-likeness (QED) is 0.611. The fraction of sp³-hybridized carbons (Fsp3) is 0. The van der Waals surface area contributed by atoms with E-state index in [2.05, 4.69) is 4.98 Å². The number of thiocarbonyl (C=S) groups is 1. The van der Waals surface area contributed by atoms with Crippen molar-refractivity contribution in [2.24, 2.45) is 0 Å². The topological polar surface area (TPSA) is 33.2 Å². The van der Waals surface area contributed by atoms with Gasteiger partial charge in [0.05, 0.1) is 16.3 Å². The molecule has 1 aliphatic heterocycles. The molecule has 21 heavy (non-hydrogen) atoms. The summed E-state index contributed by atoms with van der Waals surface area (Å²) in [6, 6.07) is 12.6. The Kier molecular flexibility index (Phi) is 4.05. The molecule has 0 bridgehead atoms. The minimum absolute atomic E-state index is 0.141. The summed E-state index contributed by atoms with van der Waals surface area (Å²) in [7, 11) is 0. The molecule has 6 heteroatoms. The highest BCUT2D eigenvalue weighted by Crippen LogP contribution is 2.36. The first kappa shape index (κ1) is 14.3. The van der Waals surface area contributed by atoms with E-state index >= 15 is 0 Å². The van der Waals surface area contributed by atoms with Gasteiger partial charge in [-0.3, -0.25) is 14.7 Å². The average molecular weight is 333 g/mol. The van der Waals surface area contributed by atoms with Gasteiger partial charge in [-0.05, 0) is 42.5 Å². The monoisotopic (exact) mass is 332 g/mol. The predicted molar refractivity (Wildman–Crippen MR) is 91.3 cm³/mol. The number of hydrogen-bond donors (Lipinski definition) is 0. The lowest BCUT2D eigenvalue weighted by Crippen LogP contribution is -2.27. The van der Waals surface area contributed by atoms with Crippen LogP contribution in [0.1, 0.15) is 5.69 Å². The normalized spacial score (nSPS) is 16.8. The van der Waals surface area contributed by atoms with Gasteiger partial charge in [0.15, 0.2) is 4.32 Å². The lowest BCUT2D eigenvalue weighted by molar-refractivity contribution is -0.113. The maximum atomic E-state index is 12.5.